The Labute approximate surface area is 158 Å². The van der Waals surface area contributed by atoms with Gasteiger partial charge in [-0.1, -0.05) is 12.8 Å². The highest BCUT2D eigenvalue weighted by Crippen LogP contribution is 2.32. The summed E-state index contributed by atoms with van der Waals surface area (Å²) in [5.74, 6) is -1.47. The van der Waals surface area contributed by atoms with Crippen LogP contribution in [0, 0.1) is 0 Å². The lowest BCUT2D eigenvalue weighted by molar-refractivity contribution is -0.138. The topological polar surface area (TPSA) is 113 Å². The van der Waals surface area contributed by atoms with Crippen LogP contribution in [-0.2, 0) is 24.3 Å². The van der Waals surface area contributed by atoms with Crippen molar-refractivity contribution in [1.82, 2.24) is 4.31 Å². The van der Waals surface area contributed by atoms with Crippen LogP contribution in [0.3, 0.4) is 0 Å². The van der Waals surface area contributed by atoms with E-state index in [-0.39, 0.29) is 29.9 Å². The van der Waals surface area contributed by atoms with Crippen LogP contribution in [0.4, 0.5) is 5.69 Å². The van der Waals surface area contributed by atoms with E-state index in [1.54, 1.807) is 4.31 Å². The molecule has 1 heterocycles. The summed E-state index contributed by atoms with van der Waals surface area (Å²) in [6.07, 6.45) is 3.34. The number of aliphatic carboxylic acids is 1. The molecule has 2 fully saturated rings. The third-order valence-corrected chi connectivity index (χ3v) is 6.93. The van der Waals surface area contributed by atoms with Crippen molar-refractivity contribution in [3.8, 4) is 0 Å². The third-order valence-electron chi connectivity index (χ3n) is 4.99. The quantitative estimate of drug-likeness (QED) is 0.758. The molecule has 27 heavy (non-hydrogen) atoms. The maximum atomic E-state index is 13.1. The molecule has 2 unspecified atom stereocenters. The number of amides is 1. The van der Waals surface area contributed by atoms with Crippen molar-refractivity contribution in [2.45, 2.75) is 55.6 Å². The normalized spacial score (nSPS) is 23.4. The Balaban J connectivity index is 1.69. The van der Waals surface area contributed by atoms with Crippen molar-refractivity contribution in [2.75, 3.05) is 18.5 Å². The second kappa shape index (κ2) is 8.37. The number of nitrogens with zero attached hydrogens (tertiary/aromatic N) is 1. The summed E-state index contributed by atoms with van der Waals surface area (Å²) in [4.78, 5) is 22.4. The number of fused-ring (bicyclic) bond motifs is 1. The van der Waals surface area contributed by atoms with Gasteiger partial charge in [0.05, 0.1) is 30.1 Å². The molecule has 1 amide bonds. The molecule has 1 saturated heterocycles. The molecule has 1 aliphatic carbocycles. The number of sulfonamides is 1. The fourth-order valence-electron chi connectivity index (χ4n) is 3.65. The predicted molar refractivity (Wildman–Crippen MR) is 97.8 cm³/mol. The van der Waals surface area contributed by atoms with Gasteiger partial charge in [0, 0.05) is 18.7 Å². The van der Waals surface area contributed by atoms with Gasteiger partial charge in [-0.25, -0.2) is 8.42 Å². The maximum Gasteiger partial charge on any atom is 0.303 e. The fourth-order valence-corrected chi connectivity index (χ4v) is 5.31. The van der Waals surface area contributed by atoms with Crippen molar-refractivity contribution in [2.24, 2.45) is 0 Å². The molecule has 1 aromatic rings. The third kappa shape index (κ3) is 4.66. The van der Waals surface area contributed by atoms with Crippen LogP contribution < -0.4 is 5.32 Å². The summed E-state index contributed by atoms with van der Waals surface area (Å²) in [5.41, 5.74) is 0.432. The number of rotatable bonds is 6. The first-order valence-corrected chi connectivity index (χ1v) is 10.6. The van der Waals surface area contributed by atoms with E-state index in [1.807, 2.05) is 0 Å². The minimum absolute atomic E-state index is 0.0323. The average Bonchev–Trinajstić information content (AvgIpc) is 2.66. The Kier molecular flexibility index (Phi) is 6.13. The number of hydrogen-bond donors (Lipinski definition) is 2. The zero-order chi connectivity index (χ0) is 19.4. The van der Waals surface area contributed by atoms with Gasteiger partial charge in [-0.2, -0.15) is 4.31 Å². The summed E-state index contributed by atoms with van der Waals surface area (Å²) in [5, 5.41) is 11.2. The molecular formula is C18H24N2O6S. The number of carboxylic acid groups (broad SMARTS) is 1. The molecule has 3 rings (SSSR count). The Morgan fingerprint density at radius 2 is 1.85 bits per heavy atom. The van der Waals surface area contributed by atoms with E-state index in [2.05, 4.69) is 5.32 Å². The number of carboxylic acids is 1. The van der Waals surface area contributed by atoms with E-state index in [9.17, 15) is 18.0 Å². The molecule has 1 saturated carbocycles. The van der Waals surface area contributed by atoms with Crippen molar-refractivity contribution >= 4 is 27.6 Å². The predicted octanol–water partition coefficient (Wildman–Crippen LogP) is 1.82. The highest BCUT2D eigenvalue weighted by atomic mass is 32.2. The second-order valence-corrected chi connectivity index (χ2v) is 8.73. The number of morpholine rings is 1. The number of hydrogen-bond acceptors (Lipinski definition) is 5. The molecule has 148 valence electrons. The maximum absolute atomic E-state index is 13.1. The Morgan fingerprint density at radius 3 is 2.56 bits per heavy atom. The first-order chi connectivity index (χ1) is 12.9. The number of benzene rings is 1. The Bertz CT molecular complexity index is 791. The lowest BCUT2D eigenvalue weighted by Gasteiger charge is -2.42. The summed E-state index contributed by atoms with van der Waals surface area (Å²) in [7, 11) is -3.64. The lowest BCUT2D eigenvalue weighted by atomic mass is 9.91. The lowest BCUT2D eigenvalue weighted by Crippen LogP contribution is -2.54. The van der Waals surface area contributed by atoms with Crippen LogP contribution in [0.25, 0.3) is 0 Å². The van der Waals surface area contributed by atoms with E-state index in [4.69, 9.17) is 9.84 Å². The molecule has 0 aromatic heterocycles. The molecule has 0 radical (unpaired) electrons. The van der Waals surface area contributed by atoms with Gasteiger partial charge in [0.1, 0.15) is 0 Å². The van der Waals surface area contributed by atoms with Gasteiger partial charge in [-0.3, -0.25) is 9.59 Å². The monoisotopic (exact) mass is 396 g/mol. The van der Waals surface area contributed by atoms with Crippen LogP contribution in [0.1, 0.15) is 38.5 Å². The average molecular weight is 396 g/mol. The van der Waals surface area contributed by atoms with Gasteiger partial charge in [0.2, 0.25) is 15.9 Å². The molecule has 0 spiro atoms. The van der Waals surface area contributed by atoms with E-state index in [0.29, 0.717) is 18.8 Å². The van der Waals surface area contributed by atoms with E-state index in [1.165, 1.54) is 24.3 Å². The molecule has 8 nitrogen and oxygen atoms in total. The van der Waals surface area contributed by atoms with Crippen molar-refractivity contribution in [1.29, 1.82) is 0 Å². The van der Waals surface area contributed by atoms with Crippen LogP contribution in [0.15, 0.2) is 29.2 Å². The van der Waals surface area contributed by atoms with Gasteiger partial charge in [-0.05, 0) is 37.1 Å². The van der Waals surface area contributed by atoms with Crippen molar-refractivity contribution in [3.05, 3.63) is 24.3 Å². The molecular weight excluding hydrogens is 372 g/mol. The first kappa shape index (κ1) is 19.8. The van der Waals surface area contributed by atoms with E-state index < -0.39 is 21.9 Å². The number of carbonyl (C=O) groups is 2. The zero-order valence-corrected chi connectivity index (χ0v) is 15.8. The van der Waals surface area contributed by atoms with Gasteiger partial charge < -0.3 is 15.2 Å². The summed E-state index contributed by atoms with van der Waals surface area (Å²) in [6, 6.07) is 5.85. The van der Waals surface area contributed by atoms with Gasteiger partial charge in [0.15, 0.2) is 0 Å². The van der Waals surface area contributed by atoms with Gasteiger partial charge >= 0.3 is 5.97 Å². The largest absolute Gasteiger partial charge is 0.481 e. The summed E-state index contributed by atoms with van der Waals surface area (Å²) < 4.78 is 33.4. The SMILES string of the molecule is O=C(O)CCC(=O)Nc1ccc(S(=O)(=O)N2CCOC3CCCCC32)cc1. The fraction of sp³-hybridized carbons (Fsp3) is 0.556. The number of carbonyl (C=O) groups excluding carboxylic acids is 1. The molecule has 0 bridgehead atoms. The summed E-state index contributed by atoms with van der Waals surface area (Å²) >= 11 is 0. The van der Waals surface area contributed by atoms with Crippen LogP contribution in [0.2, 0.25) is 0 Å². The number of anilines is 1. The molecule has 2 N–H and O–H groups in total. The second-order valence-electron chi connectivity index (χ2n) is 6.84. The van der Waals surface area contributed by atoms with Gasteiger partial charge in [-0.15, -0.1) is 0 Å². The highest BCUT2D eigenvalue weighted by Gasteiger charge is 2.40. The molecule has 2 atom stereocenters. The molecule has 1 aromatic carbocycles. The summed E-state index contributed by atoms with van der Waals surface area (Å²) in [6.45, 7) is 0.745. The minimum atomic E-state index is -3.64. The zero-order valence-electron chi connectivity index (χ0n) is 15.0. The molecule has 1 aliphatic heterocycles. The standard InChI is InChI=1S/C18H24N2O6S/c21-17(9-10-18(22)23)19-13-5-7-14(8-6-13)27(24,25)20-11-12-26-16-4-2-1-3-15(16)20/h5-8,15-16H,1-4,9-12H2,(H,19,21)(H,22,23). The van der Waals surface area contributed by atoms with Crippen molar-refractivity contribution in [3.63, 3.8) is 0 Å². The van der Waals surface area contributed by atoms with Crippen LogP contribution >= 0.6 is 0 Å². The smallest absolute Gasteiger partial charge is 0.303 e. The molecule has 9 heteroatoms. The number of ether oxygens (including phenoxy) is 1. The minimum Gasteiger partial charge on any atom is -0.481 e. The highest BCUT2D eigenvalue weighted by molar-refractivity contribution is 7.89. The Hall–Kier alpha value is -1.97. The molecule has 2 aliphatic rings. The van der Waals surface area contributed by atoms with Crippen LogP contribution in [0.5, 0.6) is 0 Å². The van der Waals surface area contributed by atoms with E-state index >= 15 is 0 Å². The van der Waals surface area contributed by atoms with Gasteiger partial charge in [0.25, 0.3) is 0 Å². The van der Waals surface area contributed by atoms with E-state index in [0.717, 1.165) is 25.7 Å². The van der Waals surface area contributed by atoms with Crippen molar-refractivity contribution < 1.29 is 27.9 Å². The number of nitrogens with one attached hydrogen (secondary N) is 1. The Morgan fingerprint density at radius 1 is 1.15 bits per heavy atom. The first-order valence-electron chi connectivity index (χ1n) is 9.13. The van der Waals surface area contributed by atoms with Crippen LogP contribution in [-0.4, -0.2) is 55.0 Å².